The van der Waals surface area contributed by atoms with E-state index in [1.54, 1.807) is 20.2 Å². The standard InChI is InChI=1S/C13H21N5O/c1-9(2)13(14)7-18(8-13)11-6-5-10(15-16-11)12(19)17(3)4/h5-6,9H,7-8,14H2,1-4H3. The highest BCUT2D eigenvalue weighted by molar-refractivity contribution is 5.91. The van der Waals surface area contributed by atoms with Gasteiger partial charge in [0, 0.05) is 27.2 Å². The Kier molecular flexibility index (Phi) is 3.45. The topological polar surface area (TPSA) is 75.3 Å². The molecule has 6 nitrogen and oxygen atoms in total. The molecule has 1 aliphatic rings. The van der Waals surface area contributed by atoms with Crippen molar-refractivity contribution in [3.05, 3.63) is 17.8 Å². The summed E-state index contributed by atoms with van der Waals surface area (Å²) < 4.78 is 0. The summed E-state index contributed by atoms with van der Waals surface area (Å²) in [6.45, 7) is 5.81. The van der Waals surface area contributed by atoms with E-state index in [4.69, 9.17) is 5.73 Å². The Morgan fingerprint density at radius 1 is 1.37 bits per heavy atom. The van der Waals surface area contributed by atoms with E-state index in [1.807, 2.05) is 6.07 Å². The van der Waals surface area contributed by atoms with E-state index in [9.17, 15) is 4.79 Å². The maximum absolute atomic E-state index is 11.7. The molecule has 2 N–H and O–H groups in total. The van der Waals surface area contributed by atoms with E-state index in [0.29, 0.717) is 11.6 Å². The molecule has 1 aromatic heterocycles. The highest BCUT2D eigenvalue weighted by atomic mass is 16.2. The first-order chi connectivity index (χ1) is 8.83. The molecule has 0 aliphatic carbocycles. The minimum Gasteiger partial charge on any atom is -0.351 e. The van der Waals surface area contributed by atoms with Crippen molar-refractivity contribution in [2.24, 2.45) is 11.7 Å². The zero-order valence-corrected chi connectivity index (χ0v) is 11.9. The summed E-state index contributed by atoms with van der Waals surface area (Å²) in [5.41, 5.74) is 6.46. The molecule has 0 saturated carbocycles. The largest absolute Gasteiger partial charge is 0.351 e. The van der Waals surface area contributed by atoms with Crippen molar-refractivity contribution >= 4 is 11.7 Å². The van der Waals surface area contributed by atoms with Gasteiger partial charge in [-0.25, -0.2) is 0 Å². The zero-order valence-electron chi connectivity index (χ0n) is 11.9. The molecule has 6 heteroatoms. The fourth-order valence-electron chi connectivity index (χ4n) is 2.03. The summed E-state index contributed by atoms with van der Waals surface area (Å²) in [5.74, 6) is 1.07. The molecule has 1 amide bonds. The Hall–Kier alpha value is -1.69. The predicted octanol–water partition coefficient (Wildman–Crippen LogP) is 0.352. The first kappa shape index (κ1) is 13.7. The van der Waals surface area contributed by atoms with Gasteiger partial charge in [0.2, 0.25) is 0 Å². The Bertz CT molecular complexity index is 462. The van der Waals surface area contributed by atoms with Crippen LogP contribution >= 0.6 is 0 Å². The van der Waals surface area contributed by atoms with Crippen molar-refractivity contribution < 1.29 is 4.79 Å². The Morgan fingerprint density at radius 3 is 2.42 bits per heavy atom. The second-order valence-corrected chi connectivity index (χ2v) is 5.72. The van der Waals surface area contributed by atoms with Gasteiger partial charge in [-0.15, -0.1) is 10.2 Å². The van der Waals surface area contributed by atoms with Crippen LogP contribution in [0.25, 0.3) is 0 Å². The number of nitrogens with zero attached hydrogens (tertiary/aromatic N) is 4. The third-order valence-corrected chi connectivity index (χ3v) is 3.72. The number of anilines is 1. The van der Waals surface area contributed by atoms with Crippen LogP contribution in [0.5, 0.6) is 0 Å². The molecule has 0 aromatic carbocycles. The molecular weight excluding hydrogens is 242 g/mol. The van der Waals surface area contributed by atoms with E-state index in [0.717, 1.165) is 18.9 Å². The molecule has 1 aromatic rings. The molecule has 0 atom stereocenters. The molecule has 1 saturated heterocycles. The van der Waals surface area contributed by atoms with Gasteiger partial charge in [-0.1, -0.05) is 13.8 Å². The van der Waals surface area contributed by atoms with Crippen LogP contribution in [0.4, 0.5) is 5.82 Å². The van der Waals surface area contributed by atoms with Crippen LogP contribution in [-0.4, -0.2) is 53.7 Å². The summed E-state index contributed by atoms with van der Waals surface area (Å²) in [6.07, 6.45) is 0. The first-order valence-electron chi connectivity index (χ1n) is 6.43. The summed E-state index contributed by atoms with van der Waals surface area (Å²) in [7, 11) is 3.39. The van der Waals surface area contributed by atoms with Crippen molar-refractivity contribution in [3.8, 4) is 0 Å². The maximum atomic E-state index is 11.7. The fraction of sp³-hybridized carbons (Fsp3) is 0.615. The summed E-state index contributed by atoms with van der Waals surface area (Å²) in [5, 5.41) is 8.07. The molecule has 0 unspecified atom stereocenters. The van der Waals surface area contributed by atoms with Crippen LogP contribution < -0.4 is 10.6 Å². The van der Waals surface area contributed by atoms with Crippen molar-refractivity contribution in [3.63, 3.8) is 0 Å². The van der Waals surface area contributed by atoms with Crippen LogP contribution in [0.3, 0.4) is 0 Å². The number of aromatic nitrogens is 2. The number of amides is 1. The third-order valence-electron chi connectivity index (χ3n) is 3.72. The van der Waals surface area contributed by atoms with Gasteiger partial charge in [0.1, 0.15) is 0 Å². The quantitative estimate of drug-likeness (QED) is 0.851. The van der Waals surface area contributed by atoms with Gasteiger partial charge in [-0.3, -0.25) is 4.79 Å². The lowest BCUT2D eigenvalue weighted by Gasteiger charge is -2.50. The Morgan fingerprint density at radius 2 is 2.00 bits per heavy atom. The summed E-state index contributed by atoms with van der Waals surface area (Å²) in [4.78, 5) is 15.3. The van der Waals surface area contributed by atoms with E-state index in [2.05, 4.69) is 28.9 Å². The number of nitrogens with two attached hydrogens (primary N) is 1. The summed E-state index contributed by atoms with van der Waals surface area (Å²) in [6, 6.07) is 3.53. The number of carbonyl (C=O) groups is 1. The van der Waals surface area contributed by atoms with Crippen LogP contribution in [-0.2, 0) is 0 Å². The normalized spacial score (nSPS) is 17.3. The third kappa shape index (κ3) is 2.53. The number of hydrogen-bond donors (Lipinski definition) is 1. The minimum atomic E-state index is -0.141. The zero-order chi connectivity index (χ0) is 14.2. The first-order valence-corrected chi connectivity index (χ1v) is 6.43. The second-order valence-electron chi connectivity index (χ2n) is 5.72. The number of hydrogen-bond acceptors (Lipinski definition) is 5. The van der Waals surface area contributed by atoms with E-state index >= 15 is 0 Å². The van der Waals surface area contributed by atoms with Crippen molar-refractivity contribution in [2.45, 2.75) is 19.4 Å². The maximum Gasteiger partial charge on any atom is 0.273 e. The van der Waals surface area contributed by atoms with Crippen LogP contribution in [0.15, 0.2) is 12.1 Å². The van der Waals surface area contributed by atoms with E-state index in [-0.39, 0.29) is 11.4 Å². The molecule has 0 bridgehead atoms. The summed E-state index contributed by atoms with van der Waals surface area (Å²) >= 11 is 0. The minimum absolute atomic E-state index is 0.139. The van der Waals surface area contributed by atoms with Gasteiger partial charge < -0.3 is 15.5 Å². The van der Waals surface area contributed by atoms with Gasteiger partial charge in [0.05, 0.1) is 5.54 Å². The molecule has 1 fully saturated rings. The monoisotopic (exact) mass is 263 g/mol. The van der Waals surface area contributed by atoms with Crippen molar-refractivity contribution in [1.29, 1.82) is 0 Å². The second kappa shape index (κ2) is 4.77. The molecule has 2 heterocycles. The molecular formula is C13H21N5O. The highest BCUT2D eigenvalue weighted by Crippen LogP contribution is 2.29. The fourth-order valence-corrected chi connectivity index (χ4v) is 2.03. The number of rotatable bonds is 3. The van der Waals surface area contributed by atoms with Gasteiger partial charge in [0.25, 0.3) is 5.91 Å². The molecule has 1 aliphatic heterocycles. The smallest absolute Gasteiger partial charge is 0.273 e. The molecule has 19 heavy (non-hydrogen) atoms. The molecule has 0 spiro atoms. The Balaban J connectivity index is 2.03. The van der Waals surface area contributed by atoms with Crippen molar-refractivity contribution in [1.82, 2.24) is 15.1 Å². The van der Waals surface area contributed by atoms with Gasteiger partial charge in [-0.2, -0.15) is 0 Å². The lowest BCUT2D eigenvalue weighted by molar-refractivity contribution is 0.0821. The molecule has 104 valence electrons. The van der Waals surface area contributed by atoms with Crippen LogP contribution in [0.1, 0.15) is 24.3 Å². The van der Waals surface area contributed by atoms with Gasteiger partial charge in [-0.05, 0) is 18.1 Å². The predicted molar refractivity (Wildman–Crippen MR) is 74.0 cm³/mol. The lowest BCUT2D eigenvalue weighted by Crippen LogP contribution is -2.70. The molecule has 2 rings (SSSR count). The molecule has 0 radical (unpaired) electrons. The Labute approximate surface area is 113 Å². The average Bonchev–Trinajstić information content (AvgIpc) is 2.34. The number of carbonyl (C=O) groups excluding carboxylic acids is 1. The van der Waals surface area contributed by atoms with E-state index in [1.165, 1.54) is 4.90 Å². The lowest BCUT2D eigenvalue weighted by atomic mass is 9.80. The van der Waals surface area contributed by atoms with Crippen molar-refractivity contribution in [2.75, 3.05) is 32.1 Å². The van der Waals surface area contributed by atoms with Gasteiger partial charge in [0.15, 0.2) is 11.5 Å². The highest BCUT2D eigenvalue weighted by Gasteiger charge is 2.42. The van der Waals surface area contributed by atoms with Crippen LogP contribution in [0.2, 0.25) is 0 Å². The average molecular weight is 263 g/mol. The van der Waals surface area contributed by atoms with Gasteiger partial charge >= 0.3 is 0 Å². The van der Waals surface area contributed by atoms with Crippen LogP contribution in [0, 0.1) is 5.92 Å². The SMILES string of the molecule is CC(C)C1(N)CN(c2ccc(C(=O)N(C)C)nn2)C1. The van der Waals surface area contributed by atoms with E-state index < -0.39 is 0 Å².